The number of aliphatic carboxylic acids is 3. The molecule has 388 valence electrons. The summed E-state index contributed by atoms with van der Waals surface area (Å²) in [4.78, 5) is 48.1. The number of aromatic nitrogens is 4. The number of sulfonamides is 2. The molecule has 0 aliphatic rings. The van der Waals surface area contributed by atoms with Crippen molar-refractivity contribution in [2.24, 2.45) is 0 Å². The van der Waals surface area contributed by atoms with Crippen molar-refractivity contribution in [2.45, 2.75) is 96.6 Å². The Balaban J connectivity index is 0. The third-order valence-electron chi connectivity index (χ3n) is 9.63. The molecule has 0 spiro atoms. The maximum atomic E-state index is 13.5. The molecule has 0 unspecified atom stereocenters. The fraction of sp³-hybridized carbons (Fsp3) is 0.413. The molecule has 2 aromatic carbocycles. The molecule has 4 rings (SSSR count). The predicted octanol–water partition coefficient (Wildman–Crippen LogP) is 4.74. The van der Waals surface area contributed by atoms with E-state index in [1.807, 2.05) is 27.7 Å². The van der Waals surface area contributed by atoms with Crippen LogP contribution in [0.1, 0.15) is 97.5 Å². The SMILES string of the molecule is CC(=O)O.CC(C)c1nc(N(C)S(C)(=O)=O)nc(-c2ccc(F)cc2)c1C=C[C@@H](O)C[C@@H](O)CC(=O)O.CC(C)c1nc(N(C)S(C)(=O)=O)nc(-c2ccc(F)cc2)c1C=C[C@@H](O)C[C@@H](O)CC(=O)O.[Ca+2].[H-].[H-]. The third kappa shape index (κ3) is 21.7. The molecule has 0 saturated heterocycles. The number of aliphatic hydroxyl groups is 4. The zero-order valence-corrected chi connectivity index (χ0v) is 44.5. The summed E-state index contributed by atoms with van der Waals surface area (Å²) in [5.41, 5.74) is 3.60. The van der Waals surface area contributed by atoms with Gasteiger partial charge in [-0.2, -0.15) is 0 Å². The van der Waals surface area contributed by atoms with Gasteiger partial charge in [0.25, 0.3) is 5.97 Å². The second-order valence-electron chi connectivity index (χ2n) is 16.5. The standard InChI is InChI=1S/2C22H28FN3O6S.C2H4O2.Ca.2H/c2*1-13(2)20-18(10-9-16(27)11-17(28)12-19(29)30)21(14-5-7-15(23)8-6-14)25-22(24-20)26(3)33(4,31)32;1-2(3)4;;;/h2*5-10,13,16-17,27-28H,11-12H2,1-4H3,(H,29,30);1H3,(H,3,4);;;/q;;;+2;2*-1/t2*16-,17-;;;;/m11..../s1. The summed E-state index contributed by atoms with van der Waals surface area (Å²) < 4.78 is 77.2. The Labute approximate surface area is 444 Å². The number of benzene rings is 2. The molecule has 0 fully saturated rings. The number of halogens is 2. The predicted molar refractivity (Wildman–Crippen MR) is 267 cm³/mol. The topological polar surface area (TPSA) is 319 Å². The van der Waals surface area contributed by atoms with Crippen molar-refractivity contribution in [3.05, 3.63) is 94.8 Å². The van der Waals surface area contributed by atoms with E-state index in [0.29, 0.717) is 45.0 Å². The van der Waals surface area contributed by atoms with Gasteiger partial charge in [-0.05, 0) is 60.4 Å². The average molecular weight is 1070 g/mol. The molecule has 0 amide bonds. The molecule has 2 aromatic heterocycles. The number of hydrogen-bond donors (Lipinski definition) is 7. The molecule has 7 N–H and O–H groups in total. The summed E-state index contributed by atoms with van der Waals surface area (Å²) in [6, 6.07) is 11.0. The van der Waals surface area contributed by atoms with Gasteiger partial charge in [-0.25, -0.2) is 54.2 Å². The minimum Gasteiger partial charge on any atom is -1.00 e. The van der Waals surface area contributed by atoms with E-state index in [1.165, 1.54) is 86.9 Å². The van der Waals surface area contributed by atoms with Gasteiger partial charge in [0.15, 0.2) is 0 Å². The summed E-state index contributed by atoms with van der Waals surface area (Å²) in [6.45, 7) is 8.49. The Morgan fingerprint density at radius 1 is 0.606 bits per heavy atom. The van der Waals surface area contributed by atoms with Crippen molar-refractivity contribution in [2.75, 3.05) is 35.2 Å². The van der Waals surface area contributed by atoms with Gasteiger partial charge in [0, 0.05) is 56.1 Å². The number of carbonyl (C=O) groups is 3. The van der Waals surface area contributed by atoms with Crippen LogP contribution in [0.25, 0.3) is 34.7 Å². The Morgan fingerprint density at radius 3 is 1.13 bits per heavy atom. The van der Waals surface area contributed by atoms with Gasteiger partial charge in [0.1, 0.15) is 11.6 Å². The fourth-order valence-electron chi connectivity index (χ4n) is 6.09. The van der Waals surface area contributed by atoms with Crippen molar-refractivity contribution in [3.8, 4) is 22.5 Å². The van der Waals surface area contributed by atoms with Crippen molar-refractivity contribution in [1.82, 2.24) is 19.9 Å². The third-order valence-corrected chi connectivity index (χ3v) is 11.9. The Morgan fingerprint density at radius 2 is 0.887 bits per heavy atom. The molecule has 4 atom stereocenters. The molecule has 0 aliphatic heterocycles. The maximum Gasteiger partial charge on any atom is 2.00 e. The van der Waals surface area contributed by atoms with Gasteiger partial charge in [-0.15, -0.1) is 0 Å². The first-order valence-electron chi connectivity index (χ1n) is 21.3. The molecular weight excluding hydrogens is 1000 g/mol. The number of aliphatic hydroxyl groups excluding tert-OH is 4. The van der Waals surface area contributed by atoms with Crippen LogP contribution in [0.3, 0.4) is 0 Å². The molecule has 2 heterocycles. The maximum absolute atomic E-state index is 13.5. The van der Waals surface area contributed by atoms with E-state index in [9.17, 15) is 55.6 Å². The summed E-state index contributed by atoms with van der Waals surface area (Å²) in [6.07, 6.45) is 1.72. The second-order valence-corrected chi connectivity index (χ2v) is 20.5. The first-order valence-corrected chi connectivity index (χ1v) is 25.0. The van der Waals surface area contributed by atoms with Gasteiger partial charge >= 0.3 is 49.7 Å². The van der Waals surface area contributed by atoms with Crippen LogP contribution in [0.4, 0.5) is 20.7 Å². The normalized spacial score (nSPS) is 13.3. The summed E-state index contributed by atoms with van der Waals surface area (Å²) >= 11 is 0. The zero-order valence-electron chi connectivity index (χ0n) is 42.7. The van der Waals surface area contributed by atoms with E-state index in [1.54, 1.807) is 0 Å². The summed E-state index contributed by atoms with van der Waals surface area (Å²) in [5, 5.41) is 65.0. The number of hydrogen-bond acceptors (Lipinski definition) is 15. The first kappa shape index (κ1) is 64.0. The van der Waals surface area contributed by atoms with E-state index in [2.05, 4.69) is 19.9 Å². The Kier molecular flexibility index (Phi) is 26.0. The van der Waals surface area contributed by atoms with Crippen LogP contribution in [-0.2, 0) is 34.4 Å². The van der Waals surface area contributed by atoms with Gasteiger partial charge in [0.05, 0.1) is 72.5 Å². The summed E-state index contributed by atoms with van der Waals surface area (Å²) in [7, 11) is -4.65. The fourth-order valence-corrected chi connectivity index (χ4v) is 6.85. The molecule has 20 nitrogen and oxygen atoms in total. The molecule has 71 heavy (non-hydrogen) atoms. The molecule has 0 aliphatic carbocycles. The van der Waals surface area contributed by atoms with Gasteiger partial charge < -0.3 is 38.6 Å². The van der Waals surface area contributed by atoms with Gasteiger partial charge in [-0.1, -0.05) is 52.0 Å². The summed E-state index contributed by atoms with van der Waals surface area (Å²) in [5.74, 6) is -4.57. The quantitative estimate of drug-likeness (QED) is 0.0588. The van der Waals surface area contributed by atoms with Crippen molar-refractivity contribution in [3.63, 3.8) is 0 Å². The Hall–Kier alpha value is -5.05. The van der Waals surface area contributed by atoms with Gasteiger partial charge in [0.2, 0.25) is 31.9 Å². The molecule has 0 bridgehead atoms. The van der Waals surface area contributed by atoms with E-state index >= 15 is 0 Å². The van der Waals surface area contributed by atoms with E-state index in [-0.39, 0.29) is 77.2 Å². The molecule has 4 aromatic rings. The monoisotopic (exact) mass is 1060 g/mol. The molecule has 0 radical (unpaired) electrons. The van der Waals surface area contributed by atoms with Crippen molar-refractivity contribution in [1.29, 1.82) is 0 Å². The largest absolute Gasteiger partial charge is 2.00 e. The van der Waals surface area contributed by atoms with Crippen LogP contribution in [-0.4, -0.2) is 179 Å². The number of carboxylic acid groups (broad SMARTS) is 3. The van der Waals surface area contributed by atoms with Crippen molar-refractivity contribution < 1.29 is 78.6 Å². The minimum atomic E-state index is -3.65. The smallest absolute Gasteiger partial charge is 1.00 e. The average Bonchev–Trinajstić information content (AvgIpc) is 3.23. The molecule has 25 heteroatoms. The Bertz CT molecular complexity index is 2540. The van der Waals surface area contributed by atoms with Crippen LogP contribution in [0, 0.1) is 11.6 Å². The molecular formula is C46H62CaF2N6O14S2. The van der Waals surface area contributed by atoms with Crippen LogP contribution < -0.4 is 8.61 Å². The van der Waals surface area contributed by atoms with Crippen LogP contribution in [0.15, 0.2) is 60.7 Å². The van der Waals surface area contributed by atoms with E-state index in [0.717, 1.165) is 28.0 Å². The number of nitrogens with zero attached hydrogens (tertiary/aromatic N) is 6. The molecule has 0 saturated carbocycles. The second kappa shape index (κ2) is 28.9. The van der Waals surface area contributed by atoms with Crippen molar-refractivity contribution >= 4 is 99.7 Å². The van der Waals surface area contributed by atoms with Gasteiger partial charge in [-0.3, -0.25) is 14.4 Å². The number of carboxylic acids is 3. The minimum absolute atomic E-state index is 0. The van der Waals surface area contributed by atoms with Crippen LogP contribution >= 0.6 is 0 Å². The van der Waals surface area contributed by atoms with Crippen LogP contribution in [0.5, 0.6) is 0 Å². The first-order chi connectivity index (χ1) is 32.3. The van der Waals surface area contributed by atoms with E-state index in [4.69, 9.17) is 20.1 Å². The van der Waals surface area contributed by atoms with E-state index < -0.39 is 86.8 Å². The van der Waals surface area contributed by atoms with Crippen LogP contribution in [0.2, 0.25) is 0 Å². The zero-order chi connectivity index (χ0) is 53.4. The number of anilines is 2. The number of rotatable bonds is 20.